The molecule has 0 bridgehead atoms. The van der Waals surface area contributed by atoms with Gasteiger partial charge in [0.25, 0.3) is 0 Å². The van der Waals surface area contributed by atoms with E-state index in [0.717, 1.165) is 29.4 Å². The van der Waals surface area contributed by atoms with E-state index in [4.69, 9.17) is 9.47 Å². The van der Waals surface area contributed by atoms with Crippen molar-refractivity contribution in [2.24, 2.45) is 0 Å². The monoisotopic (exact) mass is 287 g/mol. The van der Waals surface area contributed by atoms with E-state index in [1.807, 2.05) is 44.2 Å². The molecule has 0 aliphatic rings. The minimum Gasteiger partial charge on any atom is -0.497 e. The Balaban J connectivity index is 2.32. The number of aromatic nitrogens is 2. The van der Waals surface area contributed by atoms with Gasteiger partial charge in [-0.1, -0.05) is 0 Å². The van der Waals surface area contributed by atoms with Crippen molar-refractivity contribution in [1.82, 2.24) is 9.97 Å². The molecule has 21 heavy (non-hydrogen) atoms. The molecule has 0 atom stereocenters. The van der Waals surface area contributed by atoms with Crippen LogP contribution in [0.5, 0.6) is 5.75 Å². The maximum Gasteiger partial charge on any atom is 0.157 e. The van der Waals surface area contributed by atoms with E-state index in [1.165, 1.54) is 0 Å². The number of methoxy groups -OCH3 is 1. The molecule has 0 radical (unpaired) electrons. The second kappa shape index (κ2) is 7.59. The molecule has 1 aromatic carbocycles. The van der Waals surface area contributed by atoms with Crippen LogP contribution in [0.1, 0.15) is 19.7 Å². The first-order valence-corrected chi connectivity index (χ1v) is 7.10. The van der Waals surface area contributed by atoms with Crippen molar-refractivity contribution in [3.8, 4) is 17.0 Å². The summed E-state index contributed by atoms with van der Waals surface area (Å²) in [6, 6.07) is 9.77. The van der Waals surface area contributed by atoms with Gasteiger partial charge in [-0.25, -0.2) is 9.97 Å². The Labute approximate surface area is 125 Å². The third-order valence-corrected chi connectivity index (χ3v) is 2.95. The Hall–Kier alpha value is -2.14. The van der Waals surface area contributed by atoms with Gasteiger partial charge in [0.1, 0.15) is 18.2 Å². The van der Waals surface area contributed by atoms with Crippen molar-refractivity contribution in [3.63, 3.8) is 0 Å². The largest absolute Gasteiger partial charge is 0.497 e. The highest BCUT2D eigenvalue weighted by atomic mass is 16.5. The first-order valence-electron chi connectivity index (χ1n) is 7.10. The highest BCUT2D eigenvalue weighted by molar-refractivity contribution is 5.63. The van der Waals surface area contributed by atoms with Crippen LogP contribution in [0.25, 0.3) is 11.3 Å². The van der Waals surface area contributed by atoms with E-state index in [1.54, 1.807) is 7.11 Å². The van der Waals surface area contributed by atoms with E-state index < -0.39 is 0 Å². The minimum absolute atomic E-state index is 0.416. The predicted octanol–water partition coefficient (Wildman–Crippen LogP) is 3.12. The van der Waals surface area contributed by atoms with Crippen LogP contribution in [0.15, 0.2) is 30.3 Å². The van der Waals surface area contributed by atoms with Gasteiger partial charge >= 0.3 is 0 Å². The maximum atomic E-state index is 5.41. The summed E-state index contributed by atoms with van der Waals surface area (Å²) in [4.78, 5) is 9.01. The van der Waals surface area contributed by atoms with Gasteiger partial charge in [-0.2, -0.15) is 0 Å². The quantitative estimate of drug-likeness (QED) is 0.848. The summed E-state index contributed by atoms with van der Waals surface area (Å²) in [5.74, 6) is 2.32. The number of rotatable bonds is 7. The molecular formula is C16H21N3O2. The minimum atomic E-state index is 0.416. The van der Waals surface area contributed by atoms with E-state index in [9.17, 15) is 0 Å². The Morgan fingerprint density at radius 1 is 1.10 bits per heavy atom. The SMILES string of the molecule is CCNc1cc(-c2ccc(OC)cc2)nc(COCC)n1. The highest BCUT2D eigenvalue weighted by Crippen LogP contribution is 2.22. The fourth-order valence-corrected chi connectivity index (χ4v) is 1.94. The van der Waals surface area contributed by atoms with Crippen molar-refractivity contribution in [1.29, 1.82) is 0 Å². The van der Waals surface area contributed by atoms with Gasteiger partial charge in [-0.3, -0.25) is 0 Å². The molecule has 112 valence electrons. The molecule has 0 aliphatic carbocycles. The number of ether oxygens (including phenoxy) is 2. The predicted molar refractivity (Wildman–Crippen MR) is 83.5 cm³/mol. The standard InChI is InChI=1S/C16H21N3O2/c1-4-17-15-10-14(18-16(19-15)11-21-5-2)12-6-8-13(20-3)9-7-12/h6-10H,4-5,11H2,1-3H3,(H,17,18,19). The second-order valence-corrected chi connectivity index (χ2v) is 4.45. The molecule has 2 rings (SSSR count). The molecule has 1 aromatic heterocycles. The average molecular weight is 287 g/mol. The number of benzene rings is 1. The summed E-state index contributed by atoms with van der Waals surface area (Å²) in [6.07, 6.45) is 0. The van der Waals surface area contributed by atoms with Gasteiger partial charge in [0.2, 0.25) is 0 Å². The molecule has 0 spiro atoms. The number of hydrogen-bond acceptors (Lipinski definition) is 5. The summed E-state index contributed by atoms with van der Waals surface area (Å²) >= 11 is 0. The molecule has 0 aliphatic heterocycles. The molecule has 0 unspecified atom stereocenters. The van der Waals surface area contributed by atoms with Crippen LogP contribution in [0.2, 0.25) is 0 Å². The van der Waals surface area contributed by atoms with Crippen LogP contribution >= 0.6 is 0 Å². The van der Waals surface area contributed by atoms with Crippen LogP contribution in [0.4, 0.5) is 5.82 Å². The fraction of sp³-hybridized carbons (Fsp3) is 0.375. The zero-order chi connectivity index (χ0) is 15.1. The molecule has 0 saturated heterocycles. The fourth-order valence-electron chi connectivity index (χ4n) is 1.94. The molecule has 1 N–H and O–H groups in total. The lowest BCUT2D eigenvalue weighted by Crippen LogP contribution is -2.06. The lowest BCUT2D eigenvalue weighted by Gasteiger charge is -2.09. The van der Waals surface area contributed by atoms with Crippen LogP contribution in [0, 0.1) is 0 Å². The smallest absolute Gasteiger partial charge is 0.157 e. The molecular weight excluding hydrogens is 266 g/mol. The van der Waals surface area contributed by atoms with Crippen molar-refractivity contribution in [2.45, 2.75) is 20.5 Å². The van der Waals surface area contributed by atoms with Gasteiger partial charge < -0.3 is 14.8 Å². The highest BCUT2D eigenvalue weighted by Gasteiger charge is 2.07. The molecule has 0 amide bonds. The third kappa shape index (κ3) is 4.16. The maximum absolute atomic E-state index is 5.41. The Morgan fingerprint density at radius 2 is 1.86 bits per heavy atom. The third-order valence-electron chi connectivity index (χ3n) is 2.95. The summed E-state index contributed by atoms with van der Waals surface area (Å²) in [5, 5.41) is 3.23. The van der Waals surface area contributed by atoms with E-state index in [0.29, 0.717) is 19.0 Å². The molecule has 0 saturated carbocycles. The lowest BCUT2D eigenvalue weighted by molar-refractivity contribution is 0.128. The van der Waals surface area contributed by atoms with Crippen LogP contribution in [0.3, 0.4) is 0 Å². The normalized spacial score (nSPS) is 10.4. The van der Waals surface area contributed by atoms with Crippen molar-refractivity contribution in [3.05, 3.63) is 36.2 Å². The Morgan fingerprint density at radius 3 is 2.48 bits per heavy atom. The molecule has 2 aromatic rings. The number of nitrogens with zero attached hydrogens (tertiary/aromatic N) is 2. The van der Waals surface area contributed by atoms with E-state index in [2.05, 4.69) is 15.3 Å². The van der Waals surface area contributed by atoms with E-state index in [-0.39, 0.29) is 0 Å². The number of hydrogen-bond donors (Lipinski definition) is 1. The van der Waals surface area contributed by atoms with Gasteiger partial charge in [0.15, 0.2) is 5.82 Å². The van der Waals surface area contributed by atoms with Gasteiger partial charge in [0, 0.05) is 24.8 Å². The first kappa shape index (κ1) is 15.3. The summed E-state index contributed by atoms with van der Waals surface area (Å²) in [6.45, 7) is 5.87. The molecule has 5 heteroatoms. The van der Waals surface area contributed by atoms with Crippen molar-refractivity contribution < 1.29 is 9.47 Å². The zero-order valence-electron chi connectivity index (χ0n) is 12.7. The van der Waals surface area contributed by atoms with E-state index >= 15 is 0 Å². The molecule has 1 heterocycles. The Kier molecular flexibility index (Phi) is 5.51. The Bertz CT molecular complexity index is 570. The number of anilines is 1. The summed E-state index contributed by atoms with van der Waals surface area (Å²) < 4.78 is 10.6. The topological polar surface area (TPSA) is 56.3 Å². The molecule has 5 nitrogen and oxygen atoms in total. The second-order valence-electron chi connectivity index (χ2n) is 4.45. The number of nitrogens with one attached hydrogen (secondary N) is 1. The lowest BCUT2D eigenvalue weighted by atomic mass is 10.1. The molecule has 0 fully saturated rings. The van der Waals surface area contributed by atoms with Crippen LogP contribution in [-0.4, -0.2) is 30.2 Å². The zero-order valence-corrected chi connectivity index (χ0v) is 12.7. The summed E-state index contributed by atoms with van der Waals surface area (Å²) in [7, 11) is 1.66. The van der Waals surface area contributed by atoms with Crippen LogP contribution < -0.4 is 10.1 Å². The first-order chi connectivity index (χ1) is 10.3. The summed E-state index contributed by atoms with van der Waals surface area (Å²) in [5.41, 5.74) is 1.90. The van der Waals surface area contributed by atoms with Gasteiger partial charge in [-0.05, 0) is 38.1 Å². The van der Waals surface area contributed by atoms with Crippen molar-refractivity contribution >= 4 is 5.82 Å². The van der Waals surface area contributed by atoms with Gasteiger partial charge in [-0.15, -0.1) is 0 Å². The average Bonchev–Trinajstić information content (AvgIpc) is 2.53. The van der Waals surface area contributed by atoms with Gasteiger partial charge in [0.05, 0.1) is 12.8 Å². The van der Waals surface area contributed by atoms with Crippen molar-refractivity contribution in [2.75, 3.05) is 25.6 Å². The van der Waals surface area contributed by atoms with Crippen LogP contribution in [-0.2, 0) is 11.3 Å².